The Bertz CT molecular complexity index is 944. The molecule has 2 aromatic heterocycles. The second-order valence-electron chi connectivity index (χ2n) is 7.63. The smallest absolute Gasteiger partial charge is 0.255 e. The first kappa shape index (κ1) is 19.5. The van der Waals surface area contributed by atoms with Crippen LogP contribution in [0.25, 0.3) is 0 Å². The van der Waals surface area contributed by atoms with Gasteiger partial charge in [-0.05, 0) is 38.1 Å². The Labute approximate surface area is 169 Å². The van der Waals surface area contributed by atoms with Crippen LogP contribution in [0.15, 0.2) is 16.8 Å². The summed E-state index contributed by atoms with van der Waals surface area (Å²) in [5.41, 5.74) is 0.719. The fraction of sp³-hybridized carbons (Fsp3) is 0.611. The van der Waals surface area contributed by atoms with Crippen LogP contribution in [0.2, 0.25) is 0 Å². The minimum absolute atomic E-state index is 0.0317. The molecule has 0 aromatic carbocycles. The van der Waals surface area contributed by atoms with Gasteiger partial charge in [-0.25, -0.2) is 12.7 Å². The van der Waals surface area contributed by atoms with Gasteiger partial charge in [-0.15, -0.1) is 10.2 Å². The van der Waals surface area contributed by atoms with Gasteiger partial charge < -0.3 is 9.47 Å². The number of nitrogens with zero attached hydrogens (tertiary/aromatic N) is 5. The molecular weight excluding hydrogens is 398 g/mol. The Balaban J connectivity index is 1.44. The SMILES string of the molecule is CC(C)S(=O)(=O)N1CCC(c2nnc3n2CCN(C(=O)c2ccsc2)C3)CC1. The Hall–Kier alpha value is -1.78. The zero-order chi connectivity index (χ0) is 19.9. The molecule has 10 heteroatoms. The van der Waals surface area contributed by atoms with Gasteiger partial charge in [0.15, 0.2) is 5.82 Å². The highest BCUT2D eigenvalue weighted by Gasteiger charge is 2.34. The Morgan fingerprint density at radius 2 is 1.93 bits per heavy atom. The number of piperidine rings is 1. The number of carbonyl (C=O) groups excluding carboxylic acids is 1. The average Bonchev–Trinajstić information content (AvgIpc) is 3.37. The molecule has 1 saturated heterocycles. The number of hydrogen-bond donors (Lipinski definition) is 0. The van der Waals surface area contributed by atoms with Crippen LogP contribution in [-0.2, 0) is 23.1 Å². The number of thiophene rings is 1. The summed E-state index contributed by atoms with van der Waals surface area (Å²) in [6.07, 6.45) is 1.50. The summed E-state index contributed by atoms with van der Waals surface area (Å²) in [5.74, 6) is 1.98. The Morgan fingerprint density at radius 1 is 1.18 bits per heavy atom. The summed E-state index contributed by atoms with van der Waals surface area (Å²) in [4.78, 5) is 14.4. The van der Waals surface area contributed by atoms with E-state index in [0.717, 1.165) is 30.1 Å². The fourth-order valence-electron chi connectivity index (χ4n) is 3.89. The lowest BCUT2D eigenvalue weighted by molar-refractivity contribution is 0.0706. The van der Waals surface area contributed by atoms with Gasteiger partial charge in [0.05, 0.1) is 17.4 Å². The van der Waals surface area contributed by atoms with Crippen LogP contribution in [0.4, 0.5) is 0 Å². The standard InChI is InChI=1S/C18H25N5O3S2/c1-13(2)28(25,26)22-6-3-14(4-7-22)17-20-19-16-11-21(8-9-23(16)17)18(24)15-5-10-27-12-15/h5,10,12-14H,3-4,6-9,11H2,1-2H3. The van der Waals surface area contributed by atoms with Crippen molar-refractivity contribution in [1.82, 2.24) is 24.0 Å². The van der Waals surface area contributed by atoms with Gasteiger partial charge in [-0.3, -0.25) is 4.79 Å². The van der Waals surface area contributed by atoms with Crippen LogP contribution in [-0.4, -0.2) is 63.2 Å². The molecule has 0 bridgehead atoms. The van der Waals surface area contributed by atoms with Crippen LogP contribution >= 0.6 is 11.3 Å². The van der Waals surface area contributed by atoms with E-state index in [-0.39, 0.29) is 11.8 Å². The normalized spacial score (nSPS) is 19.2. The maximum Gasteiger partial charge on any atom is 0.255 e. The molecule has 0 radical (unpaired) electrons. The van der Waals surface area contributed by atoms with Crippen molar-refractivity contribution in [2.75, 3.05) is 19.6 Å². The van der Waals surface area contributed by atoms with E-state index in [9.17, 15) is 13.2 Å². The largest absolute Gasteiger partial charge is 0.329 e. The quantitative estimate of drug-likeness (QED) is 0.750. The number of fused-ring (bicyclic) bond motifs is 1. The monoisotopic (exact) mass is 423 g/mol. The second kappa shape index (κ2) is 7.57. The molecule has 1 amide bonds. The summed E-state index contributed by atoms with van der Waals surface area (Å²) in [7, 11) is -3.20. The number of carbonyl (C=O) groups is 1. The van der Waals surface area contributed by atoms with E-state index in [1.54, 1.807) is 18.2 Å². The number of aromatic nitrogens is 3. The molecule has 0 aliphatic carbocycles. The van der Waals surface area contributed by atoms with Crippen LogP contribution < -0.4 is 0 Å². The van der Waals surface area contributed by atoms with Crippen molar-refractivity contribution in [1.29, 1.82) is 0 Å². The first-order chi connectivity index (χ1) is 13.4. The molecular formula is C18H25N5O3S2. The van der Waals surface area contributed by atoms with Gasteiger partial charge in [-0.2, -0.15) is 11.3 Å². The van der Waals surface area contributed by atoms with E-state index < -0.39 is 15.3 Å². The van der Waals surface area contributed by atoms with Crippen molar-refractivity contribution in [3.05, 3.63) is 34.0 Å². The third kappa shape index (κ3) is 3.48. The molecule has 4 rings (SSSR count). The summed E-state index contributed by atoms with van der Waals surface area (Å²) in [6, 6.07) is 1.84. The summed E-state index contributed by atoms with van der Waals surface area (Å²) in [6.45, 7) is 6.26. The topological polar surface area (TPSA) is 88.4 Å². The van der Waals surface area contributed by atoms with E-state index in [1.165, 1.54) is 11.3 Å². The predicted octanol–water partition coefficient (Wildman–Crippen LogP) is 1.91. The fourth-order valence-corrected chi connectivity index (χ4v) is 5.84. The van der Waals surface area contributed by atoms with Crippen molar-refractivity contribution in [3.63, 3.8) is 0 Å². The maximum atomic E-state index is 12.6. The summed E-state index contributed by atoms with van der Waals surface area (Å²) < 4.78 is 28.4. The zero-order valence-corrected chi connectivity index (χ0v) is 17.7. The lowest BCUT2D eigenvalue weighted by Crippen LogP contribution is -2.42. The van der Waals surface area contributed by atoms with Crippen LogP contribution in [0, 0.1) is 0 Å². The van der Waals surface area contributed by atoms with Crippen molar-refractivity contribution in [3.8, 4) is 0 Å². The molecule has 0 saturated carbocycles. The molecule has 2 aromatic rings. The van der Waals surface area contributed by atoms with Gasteiger partial charge in [0.1, 0.15) is 5.82 Å². The Kier molecular flexibility index (Phi) is 5.28. The number of rotatable bonds is 4. The van der Waals surface area contributed by atoms with Crippen molar-refractivity contribution >= 4 is 27.3 Å². The minimum Gasteiger partial charge on any atom is -0.329 e. The highest BCUT2D eigenvalue weighted by Crippen LogP contribution is 2.30. The molecule has 2 aliphatic heterocycles. The van der Waals surface area contributed by atoms with E-state index >= 15 is 0 Å². The number of sulfonamides is 1. The molecule has 4 heterocycles. The van der Waals surface area contributed by atoms with Gasteiger partial charge in [0.2, 0.25) is 10.0 Å². The molecule has 0 spiro atoms. The Morgan fingerprint density at radius 3 is 2.57 bits per heavy atom. The molecule has 0 atom stereocenters. The van der Waals surface area contributed by atoms with E-state index in [4.69, 9.17) is 0 Å². The summed E-state index contributed by atoms with van der Waals surface area (Å²) in [5, 5.41) is 12.1. The zero-order valence-electron chi connectivity index (χ0n) is 16.1. The van der Waals surface area contributed by atoms with Crippen LogP contribution in [0.1, 0.15) is 54.6 Å². The maximum absolute atomic E-state index is 12.6. The average molecular weight is 424 g/mol. The van der Waals surface area contributed by atoms with Crippen LogP contribution in [0.3, 0.4) is 0 Å². The van der Waals surface area contributed by atoms with Gasteiger partial charge in [-0.1, -0.05) is 0 Å². The first-order valence-electron chi connectivity index (χ1n) is 9.60. The van der Waals surface area contributed by atoms with Crippen LogP contribution in [0.5, 0.6) is 0 Å². The van der Waals surface area contributed by atoms with Crippen molar-refractivity contribution < 1.29 is 13.2 Å². The van der Waals surface area contributed by atoms with E-state index in [1.807, 2.05) is 21.7 Å². The second-order valence-corrected chi connectivity index (χ2v) is 10.9. The lowest BCUT2D eigenvalue weighted by atomic mass is 9.97. The molecule has 1 fully saturated rings. The highest BCUT2D eigenvalue weighted by atomic mass is 32.2. The molecule has 2 aliphatic rings. The molecule has 28 heavy (non-hydrogen) atoms. The molecule has 8 nitrogen and oxygen atoms in total. The van der Waals surface area contributed by atoms with Gasteiger partial charge >= 0.3 is 0 Å². The number of hydrogen-bond acceptors (Lipinski definition) is 6. The lowest BCUT2D eigenvalue weighted by Gasteiger charge is -2.33. The highest BCUT2D eigenvalue weighted by molar-refractivity contribution is 7.89. The number of amides is 1. The van der Waals surface area contributed by atoms with Gasteiger partial charge in [0, 0.05) is 37.5 Å². The predicted molar refractivity (Wildman–Crippen MR) is 107 cm³/mol. The van der Waals surface area contributed by atoms with Crippen molar-refractivity contribution in [2.24, 2.45) is 0 Å². The van der Waals surface area contributed by atoms with E-state index in [2.05, 4.69) is 14.8 Å². The van der Waals surface area contributed by atoms with E-state index in [0.29, 0.717) is 32.7 Å². The third-order valence-corrected chi connectivity index (χ3v) is 8.57. The molecule has 0 unspecified atom stereocenters. The summed E-state index contributed by atoms with van der Waals surface area (Å²) >= 11 is 1.52. The van der Waals surface area contributed by atoms with Crippen molar-refractivity contribution in [2.45, 2.75) is 50.9 Å². The van der Waals surface area contributed by atoms with Gasteiger partial charge in [0.25, 0.3) is 5.91 Å². The first-order valence-corrected chi connectivity index (χ1v) is 12.0. The minimum atomic E-state index is -3.20. The third-order valence-electron chi connectivity index (χ3n) is 5.61. The molecule has 152 valence electrons. The molecule has 0 N–H and O–H groups in total.